The Morgan fingerprint density at radius 2 is 2.00 bits per heavy atom. The van der Waals surface area contributed by atoms with Crippen molar-refractivity contribution in [3.8, 4) is 0 Å². The molecule has 2 fully saturated rings. The highest BCUT2D eigenvalue weighted by molar-refractivity contribution is 5.79. The molecule has 2 rings (SSSR count). The standard InChI is InChI=1S/C17H31NO4/c1-13-5-4-6-16(11-13)22-14(2)17(19)18(20-3)12-15-7-9-21-10-8-15/h13-16H,4-12H2,1-3H3/t13-,14+,16+/m1/s1. The number of amides is 1. The molecule has 0 unspecified atom stereocenters. The third kappa shape index (κ3) is 5.21. The quantitative estimate of drug-likeness (QED) is 0.708. The topological polar surface area (TPSA) is 48.0 Å². The van der Waals surface area contributed by atoms with Gasteiger partial charge in [0, 0.05) is 13.2 Å². The third-order valence-corrected chi connectivity index (χ3v) is 4.86. The summed E-state index contributed by atoms with van der Waals surface area (Å²) in [5.74, 6) is 1.09. The zero-order chi connectivity index (χ0) is 15.9. The van der Waals surface area contributed by atoms with E-state index in [0.717, 1.165) is 38.9 Å². The van der Waals surface area contributed by atoms with Crippen LogP contribution < -0.4 is 0 Å². The second-order valence-electron chi connectivity index (χ2n) is 6.81. The average Bonchev–Trinajstić information content (AvgIpc) is 2.53. The van der Waals surface area contributed by atoms with Gasteiger partial charge in [-0.25, -0.2) is 5.06 Å². The zero-order valence-electron chi connectivity index (χ0n) is 14.3. The van der Waals surface area contributed by atoms with Gasteiger partial charge in [-0.1, -0.05) is 19.8 Å². The highest BCUT2D eigenvalue weighted by Gasteiger charge is 2.29. The van der Waals surface area contributed by atoms with Gasteiger partial charge in [-0.05, 0) is 44.4 Å². The van der Waals surface area contributed by atoms with Crippen molar-refractivity contribution in [3.63, 3.8) is 0 Å². The SMILES string of the molecule is CON(CC1CCOCC1)C(=O)[C@H](C)O[C@H]1CCC[C@@H](C)C1. The van der Waals surface area contributed by atoms with Crippen molar-refractivity contribution in [1.82, 2.24) is 5.06 Å². The van der Waals surface area contributed by atoms with Gasteiger partial charge in [-0.3, -0.25) is 9.63 Å². The minimum Gasteiger partial charge on any atom is -0.381 e. The van der Waals surface area contributed by atoms with Crippen molar-refractivity contribution in [2.75, 3.05) is 26.9 Å². The second-order valence-corrected chi connectivity index (χ2v) is 6.81. The molecule has 22 heavy (non-hydrogen) atoms. The number of hydrogen-bond donors (Lipinski definition) is 0. The van der Waals surface area contributed by atoms with Gasteiger partial charge in [0.05, 0.1) is 19.8 Å². The van der Waals surface area contributed by atoms with Gasteiger partial charge in [-0.15, -0.1) is 0 Å². The van der Waals surface area contributed by atoms with E-state index in [9.17, 15) is 4.79 Å². The highest BCUT2D eigenvalue weighted by atomic mass is 16.7. The van der Waals surface area contributed by atoms with Crippen LogP contribution in [-0.2, 0) is 19.1 Å². The molecule has 0 aromatic heterocycles. The lowest BCUT2D eigenvalue weighted by Gasteiger charge is -2.32. The van der Waals surface area contributed by atoms with Crippen molar-refractivity contribution in [2.45, 2.75) is 64.6 Å². The van der Waals surface area contributed by atoms with Crippen LogP contribution in [0.15, 0.2) is 0 Å². The smallest absolute Gasteiger partial charge is 0.274 e. The molecule has 5 nitrogen and oxygen atoms in total. The molecule has 1 aliphatic carbocycles. The van der Waals surface area contributed by atoms with Crippen LogP contribution in [0.5, 0.6) is 0 Å². The van der Waals surface area contributed by atoms with E-state index in [0.29, 0.717) is 18.4 Å². The van der Waals surface area contributed by atoms with Gasteiger partial charge in [0.25, 0.3) is 5.91 Å². The molecule has 0 aromatic rings. The summed E-state index contributed by atoms with van der Waals surface area (Å²) in [7, 11) is 1.56. The van der Waals surface area contributed by atoms with Gasteiger partial charge in [0.15, 0.2) is 0 Å². The fourth-order valence-electron chi connectivity index (χ4n) is 3.47. The maximum absolute atomic E-state index is 12.5. The summed E-state index contributed by atoms with van der Waals surface area (Å²) in [6.07, 6.45) is 6.35. The first-order chi connectivity index (χ1) is 10.6. The zero-order valence-corrected chi connectivity index (χ0v) is 14.3. The lowest BCUT2D eigenvalue weighted by molar-refractivity contribution is -0.195. The van der Waals surface area contributed by atoms with Gasteiger partial charge >= 0.3 is 0 Å². The number of hydroxylamine groups is 2. The van der Waals surface area contributed by atoms with Crippen molar-refractivity contribution in [1.29, 1.82) is 0 Å². The fraction of sp³-hybridized carbons (Fsp3) is 0.941. The summed E-state index contributed by atoms with van der Waals surface area (Å²) < 4.78 is 11.4. The minimum atomic E-state index is -0.435. The average molecular weight is 313 g/mol. The lowest BCUT2D eigenvalue weighted by Crippen LogP contribution is -2.43. The third-order valence-electron chi connectivity index (χ3n) is 4.86. The van der Waals surface area contributed by atoms with Crippen LogP contribution in [0.1, 0.15) is 52.4 Å². The summed E-state index contributed by atoms with van der Waals surface area (Å²) in [4.78, 5) is 17.9. The van der Waals surface area contributed by atoms with Crippen LogP contribution in [0.2, 0.25) is 0 Å². The van der Waals surface area contributed by atoms with Crippen LogP contribution in [0.4, 0.5) is 0 Å². The second kappa shape index (κ2) is 8.85. The van der Waals surface area contributed by atoms with E-state index in [1.165, 1.54) is 17.9 Å². The molecule has 0 spiro atoms. The van der Waals surface area contributed by atoms with E-state index in [1.54, 1.807) is 7.11 Å². The first-order valence-electron chi connectivity index (χ1n) is 8.68. The summed E-state index contributed by atoms with van der Waals surface area (Å²) in [6, 6.07) is 0. The number of nitrogens with zero attached hydrogens (tertiary/aromatic N) is 1. The van der Waals surface area contributed by atoms with E-state index in [2.05, 4.69) is 6.92 Å². The van der Waals surface area contributed by atoms with E-state index in [4.69, 9.17) is 14.3 Å². The first-order valence-corrected chi connectivity index (χ1v) is 8.68. The molecule has 5 heteroatoms. The largest absolute Gasteiger partial charge is 0.381 e. The maximum atomic E-state index is 12.5. The molecule has 0 radical (unpaired) electrons. The normalized spacial score (nSPS) is 28.3. The molecule has 0 aromatic carbocycles. The lowest BCUT2D eigenvalue weighted by atomic mass is 9.88. The van der Waals surface area contributed by atoms with Crippen molar-refractivity contribution in [3.05, 3.63) is 0 Å². The van der Waals surface area contributed by atoms with Crippen LogP contribution in [0, 0.1) is 11.8 Å². The fourth-order valence-corrected chi connectivity index (χ4v) is 3.47. The molecular weight excluding hydrogens is 282 g/mol. The number of carbonyl (C=O) groups excluding carboxylic acids is 1. The number of ether oxygens (including phenoxy) is 2. The Bertz CT molecular complexity index is 344. The summed E-state index contributed by atoms with van der Waals surface area (Å²) in [5.41, 5.74) is 0. The van der Waals surface area contributed by atoms with Crippen LogP contribution in [0.25, 0.3) is 0 Å². The minimum absolute atomic E-state index is 0.0628. The Balaban J connectivity index is 1.81. The molecule has 3 atom stereocenters. The van der Waals surface area contributed by atoms with Crippen LogP contribution in [0.3, 0.4) is 0 Å². The van der Waals surface area contributed by atoms with E-state index >= 15 is 0 Å². The molecule has 128 valence electrons. The van der Waals surface area contributed by atoms with E-state index < -0.39 is 6.10 Å². The molecule has 0 N–H and O–H groups in total. The maximum Gasteiger partial charge on any atom is 0.274 e. The Morgan fingerprint density at radius 3 is 2.64 bits per heavy atom. The highest BCUT2D eigenvalue weighted by Crippen LogP contribution is 2.27. The van der Waals surface area contributed by atoms with Crippen LogP contribution in [-0.4, -0.2) is 50.0 Å². The monoisotopic (exact) mass is 313 g/mol. The number of hydrogen-bond acceptors (Lipinski definition) is 4. The Labute approximate surface area is 134 Å². The van der Waals surface area contributed by atoms with E-state index in [1.807, 2.05) is 6.92 Å². The molecule has 0 bridgehead atoms. The summed E-state index contributed by atoms with van der Waals surface area (Å²) in [6.45, 7) is 6.30. The number of rotatable bonds is 6. The first kappa shape index (κ1) is 17.7. The van der Waals surface area contributed by atoms with Gasteiger partial charge in [-0.2, -0.15) is 0 Å². The van der Waals surface area contributed by atoms with Gasteiger partial charge in [0.2, 0.25) is 0 Å². The van der Waals surface area contributed by atoms with Crippen LogP contribution >= 0.6 is 0 Å². The predicted octanol–water partition coefficient (Wildman–Crippen LogP) is 2.79. The molecule has 1 saturated heterocycles. The Morgan fingerprint density at radius 1 is 1.27 bits per heavy atom. The summed E-state index contributed by atoms with van der Waals surface area (Å²) in [5, 5.41) is 1.48. The molecule has 2 aliphatic rings. The Hall–Kier alpha value is -0.650. The molecular formula is C17H31NO4. The van der Waals surface area contributed by atoms with Crippen molar-refractivity contribution < 1.29 is 19.1 Å². The molecule has 1 saturated carbocycles. The number of carbonyl (C=O) groups is 1. The summed E-state index contributed by atoms with van der Waals surface area (Å²) >= 11 is 0. The predicted molar refractivity (Wildman–Crippen MR) is 84.2 cm³/mol. The molecule has 1 heterocycles. The molecule has 1 amide bonds. The van der Waals surface area contributed by atoms with E-state index in [-0.39, 0.29) is 12.0 Å². The Kier molecular flexibility index (Phi) is 7.12. The molecule has 1 aliphatic heterocycles. The van der Waals surface area contributed by atoms with Crippen molar-refractivity contribution in [2.24, 2.45) is 11.8 Å². The van der Waals surface area contributed by atoms with Gasteiger partial charge < -0.3 is 9.47 Å². The van der Waals surface area contributed by atoms with Gasteiger partial charge in [0.1, 0.15) is 6.10 Å². The van der Waals surface area contributed by atoms with Crippen molar-refractivity contribution >= 4 is 5.91 Å².